The third kappa shape index (κ3) is 3.26. The minimum atomic E-state index is -0.148. The molecule has 1 aromatic carbocycles. The Bertz CT molecular complexity index is 413. The number of ether oxygens (including phenoxy) is 2. The molecule has 1 aromatic rings. The van der Waals surface area contributed by atoms with E-state index in [0.717, 1.165) is 0 Å². The SMILES string of the molecule is CCOc1c(Cl)c(O)c(CN)c(OCC)c1Cl.Cl. The monoisotopic (exact) mass is 315 g/mol. The lowest BCUT2D eigenvalue weighted by molar-refractivity contribution is 0.316. The fraction of sp³-hybridized carbons (Fsp3) is 0.455. The number of nitrogens with two attached hydrogens (primary N) is 1. The predicted molar refractivity (Wildman–Crippen MR) is 75.6 cm³/mol. The third-order valence-electron chi connectivity index (χ3n) is 2.15. The molecule has 0 unspecified atom stereocenters. The van der Waals surface area contributed by atoms with Gasteiger partial charge in [-0.05, 0) is 13.8 Å². The van der Waals surface area contributed by atoms with E-state index in [1.165, 1.54) is 0 Å². The Hall–Kier alpha value is -0.550. The van der Waals surface area contributed by atoms with Crippen molar-refractivity contribution < 1.29 is 14.6 Å². The molecule has 0 aliphatic heterocycles. The number of rotatable bonds is 5. The van der Waals surface area contributed by atoms with Crippen molar-refractivity contribution in [2.24, 2.45) is 5.73 Å². The maximum absolute atomic E-state index is 9.91. The van der Waals surface area contributed by atoms with E-state index in [0.29, 0.717) is 24.5 Å². The first kappa shape index (κ1) is 17.4. The van der Waals surface area contributed by atoms with E-state index in [1.807, 2.05) is 6.92 Å². The normalized spacial score (nSPS) is 9.83. The Kier molecular flexibility index (Phi) is 7.55. The Morgan fingerprint density at radius 3 is 2.00 bits per heavy atom. The van der Waals surface area contributed by atoms with E-state index >= 15 is 0 Å². The lowest BCUT2D eigenvalue weighted by Gasteiger charge is -2.17. The molecule has 7 heteroatoms. The van der Waals surface area contributed by atoms with Crippen molar-refractivity contribution in [3.63, 3.8) is 0 Å². The quantitative estimate of drug-likeness (QED) is 0.874. The first-order valence-corrected chi connectivity index (χ1v) is 6.02. The molecule has 104 valence electrons. The minimum Gasteiger partial charge on any atom is -0.506 e. The summed E-state index contributed by atoms with van der Waals surface area (Å²) in [6, 6.07) is 0. The summed E-state index contributed by atoms with van der Waals surface area (Å²) in [7, 11) is 0. The van der Waals surface area contributed by atoms with E-state index < -0.39 is 0 Å². The molecule has 0 saturated heterocycles. The largest absolute Gasteiger partial charge is 0.506 e. The van der Waals surface area contributed by atoms with Crippen molar-refractivity contribution in [1.29, 1.82) is 0 Å². The van der Waals surface area contributed by atoms with Crippen LogP contribution >= 0.6 is 35.6 Å². The molecule has 0 bridgehead atoms. The summed E-state index contributed by atoms with van der Waals surface area (Å²) >= 11 is 12.1. The van der Waals surface area contributed by atoms with Crippen molar-refractivity contribution in [3.05, 3.63) is 15.6 Å². The summed E-state index contributed by atoms with van der Waals surface area (Å²) in [5, 5.41) is 10.2. The highest BCUT2D eigenvalue weighted by atomic mass is 35.5. The van der Waals surface area contributed by atoms with Crippen LogP contribution in [-0.4, -0.2) is 18.3 Å². The van der Waals surface area contributed by atoms with Crippen molar-refractivity contribution in [2.45, 2.75) is 20.4 Å². The van der Waals surface area contributed by atoms with Gasteiger partial charge in [0.2, 0.25) is 0 Å². The van der Waals surface area contributed by atoms with Crippen LogP contribution in [-0.2, 0) is 6.54 Å². The summed E-state index contributed by atoms with van der Waals surface area (Å²) in [6.45, 7) is 4.46. The summed E-state index contributed by atoms with van der Waals surface area (Å²) in [5.41, 5.74) is 5.93. The van der Waals surface area contributed by atoms with Crippen LogP contribution < -0.4 is 15.2 Å². The van der Waals surface area contributed by atoms with Gasteiger partial charge in [0.25, 0.3) is 0 Å². The van der Waals surface area contributed by atoms with Crippen LogP contribution in [0.3, 0.4) is 0 Å². The zero-order valence-electron chi connectivity index (χ0n) is 10.1. The fourth-order valence-electron chi connectivity index (χ4n) is 1.43. The van der Waals surface area contributed by atoms with Crippen molar-refractivity contribution in [1.82, 2.24) is 0 Å². The van der Waals surface area contributed by atoms with Crippen molar-refractivity contribution in [2.75, 3.05) is 13.2 Å². The van der Waals surface area contributed by atoms with Crippen LogP contribution in [0.25, 0.3) is 0 Å². The molecule has 1 rings (SSSR count). The van der Waals surface area contributed by atoms with E-state index in [4.69, 9.17) is 38.4 Å². The van der Waals surface area contributed by atoms with Crippen LogP contribution in [0.15, 0.2) is 0 Å². The highest BCUT2D eigenvalue weighted by Crippen LogP contribution is 2.48. The minimum absolute atomic E-state index is 0. The molecule has 0 saturated carbocycles. The van der Waals surface area contributed by atoms with E-state index in [2.05, 4.69) is 0 Å². The van der Waals surface area contributed by atoms with Crippen molar-refractivity contribution in [3.8, 4) is 17.2 Å². The number of benzene rings is 1. The van der Waals surface area contributed by atoms with Gasteiger partial charge in [0, 0.05) is 6.54 Å². The van der Waals surface area contributed by atoms with Crippen LogP contribution in [0.5, 0.6) is 17.2 Å². The van der Waals surface area contributed by atoms with Gasteiger partial charge in [-0.3, -0.25) is 0 Å². The molecule has 18 heavy (non-hydrogen) atoms. The van der Waals surface area contributed by atoms with Crippen LogP contribution in [0, 0.1) is 0 Å². The first-order chi connectivity index (χ1) is 8.08. The van der Waals surface area contributed by atoms with Gasteiger partial charge in [-0.1, -0.05) is 23.2 Å². The lowest BCUT2D eigenvalue weighted by atomic mass is 10.1. The molecule has 0 radical (unpaired) electrons. The fourth-order valence-corrected chi connectivity index (χ4v) is 2.06. The number of hydrogen-bond donors (Lipinski definition) is 2. The molecule has 4 nitrogen and oxygen atoms in total. The molecular weight excluding hydrogens is 300 g/mol. The highest BCUT2D eigenvalue weighted by molar-refractivity contribution is 6.39. The summed E-state index contributed by atoms with van der Waals surface area (Å²) in [5.74, 6) is 0.390. The number of aromatic hydroxyl groups is 1. The molecule has 0 amide bonds. The summed E-state index contributed by atoms with van der Waals surface area (Å²) in [6.07, 6.45) is 0. The number of phenols is 1. The number of phenolic OH excluding ortho intramolecular Hbond substituents is 1. The Balaban J connectivity index is 0.00000289. The zero-order valence-corrected chi connectivity index (χ0v) is 12.5. The third-order valence-corrected chi connectivity index (χ3v) is 2.84. The molecule has 0 atom stereocenters. The Morgan fingerprint density at radius 2 is 1.56 bits per heavy atom. The summed E-state index contributed by atoms with van der Waals surface area (Å²) in [4.78, 5) is 0. The highest BCUT2D eigenvalue weighted by Gasteiger charge is 2.23. The number of halogens is 3. The van der Waals surface area contributed by atoms with E-state index in [-0.39, 0.29) is 40.5 Å². The second-order valence-electron chi connectivity index (χ2n) is 3.18. The molecule has 0 aliphatic rings. The Morgan fingerprint density at radius 1 is 1.06 bits per heavy atom. The number of hydrogen-bond acceptors (Lipinski definition) is 4. The smallest absolute Gasteiger partial charge is 0.164 e. The van der Waals surface area contributed by atoms with Gasteiger partial charge in [0.05, 0.1) is 18.8 Å². The summed E-state index contributed by atoms with van der Waals surface area (Å²) < 4.78 is 10.7. The second-order valence-corrected chi connectivity index (χ2v) is 3.94. The average molecular weight is 317 g/mol. The average Bonchev–Trinajstić information content (AvgIpc) is 2.32. The molecule has 0 heterocycles. The maximum Gasteiger partial charge on any atom is 0.164 e. The van der Waals surface area contributed by atoms with Gasteiger partial charge in [-0.2, -0.15) is 0 Å². The standard InChI is InChI=1S/C11H15Cl2NO3.ClH/c1-3-16-10-6(5-14)9(15)7(12)11(8(10)13)17-4-2;/h15H,3-5,14H2,1-2H3;1H. The van der Waals surface area contributed by atoms with Crippen LogP contribution in [0.4, 0.5) is 0 Å². The van der Waals surface area contributed by atoms with E-state index in [1.54, 1.807) is 6.92 Å². The van der Waals surface area contributed by atoms with Gasteiger partial charge in [-0.15, -0.1) is 12.4 Å². The lowest BCUT2D eigenvalue weighted by Crippen LogP contribution is -2.05. The Labute approximate surface area is 122 Å². The molecule has 0 spiro atoms. The predicted octanol–water partition coefficient (Wildman–Crippen LogP) is 3.38. The zero-order chi connectivity index (χ0) is 13.0. The van der Waals surface area contributed by atoms with Gasteiger partial charge >= 0.3 is 0 Å². The molecule has 0 aliphatic carbocycles. The van der Waals surface area contributed by atoms with Crippen LogP contribution in [0.1, 0.15) is 19.4 Å². The van der Waals surface area contributed by atoms with E-state index in [9.17, 15) is 5.11 Å². The van der Waals surface area contributed by atoms with Crippen LogP contribution in [0.2, 0.25) is 10.0 Å². The van der Waals surface area contributed by atoms with Crippen molar-refractivity contribution >= 4 is 35.6 Å². The first-order valence-electron chi connectivity index (χ1n) is 5.26. The van der Waals surface area contributed by atoms with Gasteiger partial charge in [0.15, 0.2) is 5.75 Å². The maximum atomic E-state index is 9.91. The van der Waals surface area contributed by atoms with Gasteiger partial charge in [0.1, 0.15) is 21.5 Å². The molecule has 0 fully saturated rings. The molecule has 3 N–H and O–H groups in total. The molecular formula is C11H16Cl3NO3. The van der Waals surface area contributed by atoms with Gasteiger partial charge < -0.3 is 20.3 Å². The molecule has 0 aromatic heterocycles. The second kappa shape index (κ2) is 7.79. The topological polar surface area (TPSA) is 64.7 Å². The van der Waals surface area contributed by atoms with Gasteiger partial charge in [-0.25, -0.2) is 0 Å².